The van der Waals surface area contributed by atoms with E-state index in [2.05, 4.69) is 28.5 Å². The molecule has 0 radical (unpaired) electrons. The van der Waals surface area contributed by atoms with E-state index in [4.69, 9.17) is 4.74 Å². The zero-order valence-corrected chi connectivity index (χ0v) is 19.6. The van der Waals surface area contributed by atoms with Crippen LogP contribution < -0.4 is 10.1 Å². The van der Waals surface area contributed by atoms with Crippen LogP contribution >= 0.6 is 11.8 Å². The molecule has 1 atom stereocenters. The molecule has 1 unspecified atom stereocenters. The Kier molecular flexibility index (Phi) is 7.73. The zero-order valence-electron chi connectivity index (χ0n) is 18.8. The molecule has 0 fully saturated rings. The van der Waals surface area contributed by atoms with E-state index in [-0.39, 0.29) is 18.4 Å². The van der Waals surface area contributed by atoms with Crippen molar-refractivity contribution in [3.05, 3.63) is 72.4 Å². The summed E-state index contributed by atoms with van der Waals surface area (Å²) in [7, 11) is 0. The van der Waals surface area contributed by atoms with Crippen LogP contribution in [0.25, 0.3) is 16.5 Å². The van der Waals surface area contributed by atoms with Gasteiger partial charge in [0.25, 0.3) is 5.91 Å². The van der Waals surface area contributed by atoms with E-state index in [1.807, 2.05) is 47.7 Å². The van der Waals surface area contributed by atoms with Gasteiger partial charge >= 0.3 is 0 Å². The third-order valence-corrected chi connectivity index (χ3v) is 6.46. The summed E-state index contributed by atoms with van der Waals surface area (Å²) >= 11 is 1.66. The Morgan fingerprint density at radius 1 is 1.15 bits per heavy atom. The van der Waals surface area contributed by atoms with E-state index >= 15 is 0 Å². The molecule has 1 aromatic heterocycles. The molecule has 1 aliphatic heterocycles. The Morgan fingerprint density at radius 3 is 2.70 bits per heavy atom. The molecule has 1 aliphatic rings. The van der Waals surface area contributed by atoms with Gasteiger partial charge in [-0.15, -0.1) is 0 Å². The number of carbonyl (C=O) groups excluding carboxylic acids is 2. The molecule has 172 valence electrons. The van der Waals surface area contributed by atoms with Crippen LogP contribution in [0.1, 0.15) is 18.4 Å². The van der Waals surface area contributed by atoms with E-state index in [1.165, 1.54) is 16.5 Å². The first-order chi connectivity index (χ1) is 16.2. The number of aromatic nitrogens is 1. The van der Waals surface area contributed by atoms with Crippen molar-refractivity contribution < 1.29 is 14.3 Å². The molecule has 33 heavy (non-hydrogen) atoms. The summed E-state index contributed by atoms with van der Waals surface area (Å²) in [6.07, 6.45) is 7.55. The van der Waals surface area contributed by atoms with Crippen LogP contribution in [0.3, 0.4) is 0 Å². The first-order valence-corrected chi connectivity index (χ1v) is 12.6. The van der Waals surface area contributed by atoms with Gasteiger partial charge in [0.1, 0.15) is 11.8 Å². The summed E-state index contributed by atoms with van der Waals surface area (Å²) in [5, 5.41) is 4.09. The van der Waals surface area contributed by atoms with E-state index < -0.39 is 6.04 Å². The fourth-order valence-electron chi connectivity index (χ4n) is 4.07. The second-order valence-electron chi connectivity index (χ2n) is 8.01. The number of benzene rings is 2. The van der Waals surface area contributed by atoms with Crippen molar-refractivity contribution in [2.24, 2.45) is 0 Å². The fraction of sp³-hybridized carbons (Fsp3) is 0.308. The van der Waals surface area contributed by atoms with Gasteiger partial charge in [-0.1, -0.05) is 42.5 Å². The zero-order chi connectivity index (χ0) is 23.0. The van der Waals surface area contributed by atoms with Crippen LogP contribution in [-0.2, 0) is 9.59 Å². The first-order valence-electron chi connectivity index (χ1n) is 11.2. The summed E-state index contributed by atoms with van der Waals surface area (Å²) in [5.41, 5.74) is 3.56. The Labute approximate surface area is 198 Å². The molecule has 4 rings (SSSR count). The van der Waals surface area contributed by atoms with Crippen molar-refractivity contribution in [2.45, 2.75) is 18.9 Å². The molecule has 2 aromatic carbocycles. The highest BCUT2D eigenvalue weighted by molar-refractivity contribution is 7.98. The molecule has 2 amide bonds. The topological polar surface area (TPSA) is 74.4 Å². The normalized spacial score (nSPS) is 14.6. The number of nitrogens with zero attached hydrogens (tertiary/aromatic N) is 1. The average molecular weight is 464 g/mol. The molecule has 6 nitrogen and oxygen atoms in total. The van der Waals surface area contributed by atoms with Gasteiger partial charge in [-0.3, -0.25) is 9.59 Å². The molecule has 3 aromatic rings. The summed E-state index contributed by atoms with van der Waals surface area (Å²) in [6.45, 7) is 1.06. The predicted molar refractivity (Wildman–Crippen MR) is 134 cm³/mol. The van der Waals surface area contributed by atoms with Crippen LogP contribution in [0.2, 0.25) is 0 Å². The maximum absolute atomic E-state index is 13.2. The van der Waals surface area contributed by atoms with Crippen molar-refractivity contribution in [1.29, 1.82) is 0 Å². The maximum Gasteiger partial charge on any atom is 0.258 e. The molecule has 0 bridgehead atoms. The van der Waals surface area contributed by atoms with Crippen LogP contribution in [0.15, 0.2) is 66.9 Å². The van der Waals surface area contributed by atoms with Gasteiger partial charge in [-0.25, -0.2) is 0 Å². The SMILES string of the molecule is CSCCC(NC(=O)COc1ccccc1)C(=O)N1CC=C(c2c[nH]c3ccccc23)CC1. The van der Waals surface area contributed by atoms with Crippen LogP contribution in [0.4, 0.5) is 0 Å². The van der Waals surface area contributed by atoms with Crippen molar-refractivity contribution in [3.63, 3.8) is 0 Å². The van der Waals surface area contributed by atoms with Crippen LogP contribution in [0.5, 0.6) is 5.75 Å². The second kappa shape index (κ2) is 11.1. The van der Waals surface area contributed by atoms with E-state index in [0.717, 1.165) is 17.7 Å². The molecular formula is C26H29N3O3S. The number of nitrogens with one attached hydrogen (secondary N) is 2. The summed E-state index contributed by atoms with van der Waals surface area (Å²) in [6, 6.07) is 16.9. The van der Waals surface area contributed by atoms with Gasteiger partial charge in [0, 0.05) is 35.8 Å². The lowest BCUT2D eigenvalue weighted by Crippen LogP contribution is -2.50. The molecule has 7 heteroatoms. The van der Waals surface area contributed by atoms with Gasteiger partial charge in [-0.2, -0.15) is 11.8 Å². The van der Waals surface area contributed by atoms with Gasteiger partial charge in [0.15, 0.2) is 6.61 Å². The Bertz CT molecular complexity index is 1130. The third kappa shape index (κ3) is 5.79. The number of carbonyl (C=O) groups is 2. The van der Waals surface area contributed by atoms with Gasteiger partial charge < -0.3 is 19.9 Å². The van der Waals surface area contributed by atoms with Gasteiger partial charge in [-0.05, 0) is 48.6 Å². The molecule has 2 heterocycles. The standard InChI is InChI=1S/C26H29N3O3S/c1-33-16-13-24(28-25(30)18-32-20-7-3-2-4-8-20)26(31)29-14-11-19(12-15-29)22-17-27-23-10-6-5-9-21(22)23/h2-11,17,24,27H,12-16,18H2,1H3,(H,28,30). The minimum atomic E-state index is -0.549. The lowest BCUT2D eigenvalue weighted by atomic mass is 9.98. The lowest BCUT2D eigenvalue weighted by Gasteiger charge is -2.30. The lowest BCUT2D eigenvalue weighted by molar-refractivity contribution is -0.136. The molecule has 2 N–H and O–H groups in total. The van der Waals surface area contributed by atoms with E-state index in [1.54, 1.807) is 23.9 Å². The number of amides is 2. The largest absolute Gasteiger partial charge is 0.484 e. The average Bonchev–Trinajstić information content (AvgIpc) is 3.30. The highest BCUT2D eigenvalue weighted by Gasteiger charge is 2.27. The second-order valence-corrected chi connectivity index (χ2v) is 9.00. The van der Waals surface area contributed by atoms with Crippen molar-refractivity contribution in [3.8, 4) is 5.75 Å². The van der Waals surface area contributed by atoms with E-state index in [9.17, 15) is 9.59 Å². The van der Waals surface area contributed by atoms with Gasteiger partial charge in [0.05, 0.1) is 0 Å². The number of para-hydroxylation sites is 2. The number of fused-ring (bicyclic) bond motifs is 1. The van der Waals surface area contributed by atoms with Crippen molar-refractivity contribution >= 4 is 40.1 Å². The number of ether oxygens (including phenoxy) is 1. The maximum atomic E-state index is 13.2. The number of thioether (sulfide) groups is 1. The summed E-state index contributed by atoms with van der Waals surface area (Å²) in [4.78, 5) is 30.9. The number of H-pyrrole nitrogens is 1. The minimum Gasteiger partial charge on any atom is -0.484 e. The fourth-order valence-corrected chi connectivity index (χ4v) is 4.54. The van der Waals surface area contributed by atoms with Crippen molar-refractivity contribution in [1.82, 2.24) is 15.2 Å². The van der Waals surface area contributed by atoms with Crippen LogP contribution in [0, 0.1) is 0 Å². The molecule has 0 spiro atoms. The van der Waals surface area contributed by atoms with E-state index in [0.29, 0.717) is 25.3 Å². The molecule has 0 saturated carbocycles. The summed E-state index contributed by atoms with van der Waals surface area (Å²) in [5.74, 6) is 1.10. The predicted octanol–water partition coefficient (Wildman–Crippen LogP) is 4.10. The number of aromatic amines is 1. The number of hydrogen-bond donors (Lipinski definition) is 2. The smallest absolute Gasteiger partial charge is 0.258 e. The minimum absolute atomic E-state index is 0.0358. The highest BCUT2D eigenvalue weighted by atomic mass is 32.2. The first kappa shape index (κ1) is 23.0. The Balaban J connectivity index is 1.38. The Hall–Kier alpha value is -3.19. The molecular weight excluding hydrogens is 434 g/mol. The highest BCUT2D eigenvalue weighted by Crippen LogP contribution is 2.29. The molecule has 0 aliphatic carbocycles. The number of rotatable bonds is 9. The third-order valence-electron chi connectivity index (χ3n) is 5.81. The van der Waals surface area contributed by atoms with Crippen molar-refractivity contribution in [2.75, 3.05) is 31.7 Å². The summed E-state index contributed by atoms with van der Waals surface area (Å²) < 4.78 is 5.53. The van der Waals surface area contributed by atoms with Crippen LogP contribution in [-0.4, -0.2) is 59.4 Å². The molecule has 0 saturated heterocycles. The quantitative estimate of drug-likeness (QED) is 0.501. The number of hydrogen-bond acceptors (Lipinski definition) is 4. The monoisotopic (exact) mass is 463 g/mol. The van der Waals surface area contributed by atoms with Gasteiger partial charge in [0.2, 0.25) is 5.91 Å². The Morgan fingerprint density at radius 2 is 1.94 bits per heavy atom.